The van der Waals surface area contributed by atoms with Gasteiger partial charge < -0.3 is 10.6 Å². The summed E-state index contributed by atoms with van der Waals surface area (Å²) >= 11 is 0. The fourth-order valence-corrected chi connectivity index (χ4v) is 2.91. The standard InChI is InChI=1S/C12H18N2O2.C8H16.C3H8/c1-4-7-10(5-2)11(8-13-9-15)14-12(16)6-3;1-7-4-3-5-8(2)6-7;1-3-2/h4-5,7,9,11H,1-2,6,8H2,3H3,(H,13,15)(H,14,16);7-8H,3-6H2,1-2H3;3H2,1-2H3/b10-7+;;. The quantitative estimate of drug-likeness (QED) is 0.452. The molecule has 1 aliphatic rings. The first-order valence-corrected chi connectivity index (χ1v) is 10.3. The zero-order valence-electron chi connectivity index (χ0n) is 18.2. The lowest BCUT2D eigenvalue weighted by Crippen LogP contribution is -2.42. The fourth-order valence-electron chi connectivity index (χ4n) is 2.91. The third-order valence-electron chi connectivity index (χ3n) is 4.21. The van der Waals surface area contributed by atoms with Gasteiger partial charge >= 0.3 is 0 Å². The van der Waals surface area contributed by atoms with Crippen LogP contribution in [0.3, 0.4) is 0 Å². The van der Waals surface area contributed by atoms with Crippen molar-refractivity contribution in [2.75, 3.05) is 6.54 Å². The molecule has 0 aromatic heterocycles. The van der Waals surface area contributed by atoms with E-state index in [4.69, 9.17) is 0 Å². The van der Waals surface area contributed by atoms with Crippen molar-refractivity contribution in [2.45, 2.75) is 79.2 Å². The van der Waals surface area contributed by atoms with Crippen molar-refractivity contribution < 1.29 is 9.59 Å². The van der Waals surface area contributed by atoms with Gasteiger partial charge in [0.05, 0.1) is 6.04 Å². The van der Waals surface area contributed by atoms with Crippen LogP contribution in [0.5, 0.6) is 0 Å². The summed E-state index contributed by atoms with van der Waals surface area (Å²) in [6, 6.07) is -0.270. The second-order valence-corrected chi connectivity index (χ2v) is 7.19. The molecule has 0 bridgehead atoms. The smallest absolute Gasteiger partial charge is 0.220 e. The van der Waals surface area contributed by atoms with Crippen LogP contribution >= 0.6 is 0 Å². The van der Waals surface area contributed by atoms with Gasteiger partial charge in [0.2, 0.25) is 12.3 Å². The Morgan fingerprint density at radius 3 is 2.04 bits per heavy atom. The van der Waals surface area contributed by atoms with Crippen molar-refractivity contribution in [3.05, 3.63) is 37.0 Å². The van der Waals surface area contributed by atoms with Crippen molar-refractivity contribution >= 4 is 12.3 Å². The van der Waals surface area contributed by atoms with E-state index >= 15 is 0 Å². The lowest BCUT2D eigenvalue weighted by molar-refractivity contribution is -0.121. The number of nitrogens with one attached hydrogen (secondary N) is 2. The number of allylic oxidation sites excluding steroid dienone is 2. The summed E-state index contributed by atoms with van der Waals surface area (Å²) in [4.78, 5) is 21.5. The van der Waals surface area contributed by atoms with Crippen LogP contribution in [0.1, 0.15) is 73.1 Å². The van der Waals surface area contributed by atoms with Gasteiger partial charge in [0, 0.05) is 13.0 Å². The molecule has 2 N–H and O–H groups in total. The van der Waals surface area contributed by atoms with E-state index in [1.54, 1.807) is 25.2 Å². The molecule has 0 aliphatic heterocycles. The summed E-state index contributed by atoms with van der Waals surface area (Å²) in [5.41, 5.74) is 0.811. The van der Waals surface area contributed by atoms with E-state index in [-0.39, 0.29) is 11.9 Å². The molecule has 0 spiro atoms. The molecule has 1 fully saturated rings. The van der Waals surface area contributed by atoms with Gasteiger partial charge in [0.25, 0.3) is 0 Å². The Morgan fingerprint density at radius 1 is 1.15 bits per heavy atom. The molecule has 3 atom stereocenters. The highest BCUT2D eigenvalue weighted by atomic mass is 16.1. The molecule has 0 radical (unpaired) electrons. The van der Waals surface area contributed by atoms with Crippen molar-refractivity contribution in [2.24, 2.45) is 11.8 Å². The maximum Gasteiger partial charge on any atom is 0.220 e. The summed E-state index contributed by atoms with van der Waals surface area (Å²) in [7, 11) is 0. The summed E-state index contributed by atoms with van der Waals surface area (Å²) < 4.78 is 0. The van der Waals surface area contributed by atoms with Gasteiger partial charge in [-0.2, -0.15) is 0 Å². The second kappa shape index (κ2) is 18.9. The van der Waals surface area contributed by atoms with E-state index in [2.05, 4.69) is 51.5 Å². The summed E-state index contributed by atoms with van der Waals surface area (Å²) in [5, 5.41) is 5.32. The van der Waals surface area contributed by atoms with Crippen LogP contribution in [0, 0.1) is 11.8 Å². The van der Waals surface area contributed by atoms with Crippen molar-refractivity contribution in [3.63, 3.8) is 0 Å². The average molecular weight is 379 g/mol. The summed E-state index contributed by atoms with van der Waals surface area (Å²) in [6.45, 7) is 18.3. The van der Waals surface area contributed by atoms with Crippen LogP contribution in [0.15, 0.2) is 37.0 Å². The minimum absolute atomic E-state index is 0.0745. The van der Waals surface area contributed by atoms with Crippen molar-refractivity contribution in [1.82, 2.24) is 10.6 Å². The van der Waals surface area contributed by atoms with Crippen LogP contribution < -0.4 is 10.6 Å². The zero-order valence-corrected chi connectivity index (χ0v) is 18.2. The van der Waals surface area contributed by atoms with Gasteiger partial charge in [-0.15, -0.1) is 0 Å². The van der Waals surface area contributed by atoms with Crippen LogP contribution in [-0.4, -0.2) is 24.9 Å². The van der Waals surface area contributed by atoms with Gasteiger partial charge in [-0.25, -0.2) is 0 Å². The first-order chi connectivity index (χ1) is 12.9. The van der Waals surface area contributed by atoms with Crippen LogP contribution in [0.25, 0.3) is 0 Å². The predicted molar refractivity (Wildman–Crippen MR) is 118 cm³/mol. The minimum Gasteiger partial charge on any atom is -0.356 e. The van der Waals surface area contributed by atoms with E-state index in [9.17, 15) is 9.59 Å². The van der Waals surface area contributed by atoms with E-state index in [1.165, 1.54) is 32.1 Å². The molecule has 1 aliphatic carbocycles. The molecule has 3 unspecified atom stereocenters. The molecule has 1 saturated carbocycles. The Kier molecular flexibility index (Phi) is 19.2. The molecule has 0 aromatic rings. The number of hydrogen-bond acceptors (Lipinski definition) is 2. The van der Waals surface area contributed by atoms with E-state index < -0.39 is 0 Å². The molecule has 156 valence electrons. The van der Waals surface area contributed by atoms with Gasteiger partial charge in [-0.1, -0.05) is 91.7 Å². The largest absolute Gasteiger partial charge is 0.356 e. The first kappa shape index (κ1) is 27.4. The third kappa shape index (κ3) is 16.1. The van der Waals surface area contributed by atoms with Crippen LogP contribution in [-0.2, 0) is 9.59 Å². The molecule has 0 heterocycles. The highest BCUT2D eigenvalue weighted by Gasteiger charge is 2.14. The number of amides is 2. The van der Waals surface area contributed by atoms with Crippen molar-refractivity contribution in [1.29, 1.82) is 0 Å². The molecule has 4 heteroatoms. The molecule has 0 aromatic carbocycles. The lowest BCUT2D eigenvalue weighted by Gasteiger charge is -2.22. The molecule has 4 nitrogen and oxygen atoms in total. The fraction of sp³-hybridized carbons (Fsp3) is 0.652. The molecule has 2 amide bonds. The Labute approximate surface area is 167 Å². The molecule has 1 rings (SSSR count). The average Bonchev–Trinajstić information content (AvgIpc) is 2.64. The van der Waals surface area contributed by atoms with E-state index in [0.717, 1.165) is 17.4 Å². The van der Waals surface area contributed by atoms with Gasteiger partial charge in [-0.3, -0.25) is 9.59 Å². The third-order valence-corrected chi connectivity index (χ3v) is 4.21. The Bertz CT molecular complexity index is 436. The molecular weight excluding hydrogens is 336 g/mol. The van der Waals surface area contributed by atoms with Gasteiger partial charge in [0.1, 0.15) is 0 Å². The summed E-state index contributed by atoms with van der Waals surface area (Å²) in [6.07, 6.45) is 13.1. The topological polar surface area (TPSA) is 58.2 Å². The number of carbonyl (C=O) groups is 2. The van der Waals surface area contributed by atoms with Crippen LogP contribution in [0.2, 0.25) is 0 Å². The summed E-state index contributed by atoms with van der Waals surface area (Å²) in [5.74, 6) is 1.95. The molecular formula is C23H42N2O2. The SMILES string of the molecule is C=C/C=C(\C=C)C(CNC=O)NC(=O)CC.CC1CCCC(C)C1.CCC. The highest BCUT2D eigenvalue weighted by molar-refractivity contribution is 5.76. The second-order valence-electron chi connectivity index (χ2n) is 7.19. The van der Waals surface area contributed by atoms with Crippen LogP contribution in [0.4, 0.5) is 0 Å². The normalized spacial score (nSPS) is 19.8. The Balaban J connectivity index is 0. The van der Waals surface area contributed by atoms with E-state index in [0.29, 0.717) is 19.4 Å². The highest BCUT2D eigenvalue weighted by Crippen LogP contribution is 2.27. The molecule has 0 saturated heterocycles. The van der Waals surface area contributed by atoms with Gasteiger partial charge in [-0.05, 0) is 23.8 Å². The molecule has 27 heavy (non-hydrogen) atoms. The van der Waals surface area contributed by atoms with Gasteiger partial charge in [0.15, 0.2) is 0 Å². The maximum absolute atomic E-state index is 11.3. The zero-order chi connectivity index (χ0) is 21.1. The number of carbonyl (C=O) groups excluding carboxylic acids is 2. The first-order valence-electron chi connectivity index (χ1n) is 10.3. The Hall–Kier alpha value is -1.84. The monoisotopic (exact) mass is 378 g/mol. The maximum atomic E-state index is 11.3. The van der Waals surface area contributed by atoms with Crippen molar-refractivity contribution in [3.8, 4) is 0 Å². The lowest BCUT2D eigenvalue weighted by atomic mass is 9.84. The Morgan fingerprint density at radius 2 is 1.70 bits per heavy atom. The number of rotatable bonds is 8. The predicted octanol–water partition coefficient (Wildman–Crippen LogP) is 5.17. The number of hydrogen-bond donors (Lipinski definition) is 2. The van der Waals surface area contributed by atoms with E-state index in [1.807, 2.05) is 0 Å². The minimum atomic E-state index is -0.270.